The summed E-state index contributed by atoms with van der Waals surface area (Å²) in [6.45, 7) is 1.73. The molecule has 19 heavy (non-hydrogen) atoms. The van der Waals surface area contributed by atoms with E-state index in [4.69, 9.17) is 4.74 Å². The van der Waals surface area contributed by atoms with Crippen LogP contribution in [0.4, 0.5) is 0 Å². The summed E-state index contributed by atoms with van der Waals surface area (Å²) < 4.78 is 5.91. The van der Waals surface area contributed by atoms with Crippen LogP contribution in [0.1, 0.15) is 16.9 Å². The van der Waals surface area contributed by atoms with Crippen LogP contribution in [0.25, 0.3) is 0 Å². The first-order valence-electron chi connectivity index (χ1n) is 6.53. The maximum absolute atomic E-state index is 9.48. The summed E-state index contributed by atoms with van der Waals surface area (Å²) in [6.07, 6.45) is 2.23. The highest BCUT2D eigenvalue weighted by atomic mass is 32.1. The van der Waals surface area contributed by atoms with Gasteiger partial charge in [0, 0.05) is 24.0 Å². The molecule has 100 valence electrons. The summed E-state index contributed by atoms with van der Waals surface area (Å²) in [5.74, 6) is 1.10. The molecule has 3 rings (SSSR count). The molecule has 0 radical (unpaired) electrons. The number of aryl methyl sites for hydroxylation is 1. The number of phenolic OH excluding ortho intramolecular Hbond substituents is 1. The van der Waals surface area contributed by atoms with Crippen LogP contribution in [0, 0.1) is 0 Å². The smallest absolute Gasteiger partial charge is 0.126 e. The fraction of sp³-hybridized carbons (Fsp3) is 0.333. The van der Waals surface area contributed by atoms with Gasteiger partial charge in [0.2, 0.25) is 0 Å². The van der Waals surface area contributed by atoms with E-state index in [0.717, 1.165) is 31.7 Å². The van der Waals surface area contributed by atoms with E-state index < -0.39 is 0 Å². The molecule has 0 bridgehead atoms. The predicted molar refractivity (Wildman–Crippen MR) is 76.9 cm³/mol. The lowest BCUT2D eigenvalue weighted by Crippen LogP contribution is -2.33. The minimum atomic E-state index is 0.189. The molecule has 1 aliphatic heterocycles. The predicted octanol–water partition coefficient (Wildman–Crippen LogP) is 2.94. The van der Waals surface area contributed by atoms with E-state index in [1.165, 1.54) is 10.4 Å². The van der Waals surface area contributed by atoms with Crippen LogP contribution in [0.2, 0.25) is 0 Å². The van der Waals surface area contributed by atoms with Gasteiger partial charge in [-0.3, -0.25) is 0 Å². The van der Waals surface area contributed by atoms with Gasteiger partial charge >= 0.3 is 0 Å². The summed E-state index contributed by atoms with van der Waals surface area (Å²) in [4.78, 5) is 1.34. The van der Waals surface area contributed by atoms with Gasteiger partial charge in [0.1, 0.15) is 17.6 Å². The molecule has 0 saturated heterocycles. The van der Waals surface area contributed by atoms with E-state index >= 15 is 0 Å². The number of phenols is 1. The molecule has 3 nitrogen and oxygen atoms in total. The first kappa shape index (κ1) is 12.5. The number of nitrogens with one attached hydrogen (secondary N) is 1. The third kappa shape index (κ3) is 3.08. The second-order valence-electron chi connectivity index (χ2n) is 4.78. The van der Waals surface area contributed by atoms with Crippen molar-refractivity contribution in [2.45, 2.75) is 25.5 Å². The number of hydrogen-bond donors (Lipinski definition) is 2. The Hall–Kier alpha value is -1.52. The zero-order valence-corrected chi connectivity index (χ0v) is 11.5. The van der Waals surface area contributed by atoms with Gasteiger partial charge in [0.25, 0.3) is 0 Å². The van der Waals surface area contributed by atoms with Crippen molar-refractivity contribution in [3.63, 3.8) is 0 Å². The molecule has 0 aliphatic carbocycles. The van der Waals surface area contributed by atoms with Crippen molar-refractivity contribution in [3.05, 3.63) is 46.2 Å². The molecule has 1 aromatic carbocycles. The fourth-order valence-electron chi connectivity index (χ4n) is 2.33. The van der Waals surface area contributed by atoms with Crippen molar-refractivity contribution in [2.24, 2.45) is 0 Å². The van der Waals surface area contributed by atoms with Gasteiger partial charge in [-0.2, -0.15) is 0 Å². The topological polar surface area (TPSA) is 41.5 Å². The van der Waals surface area contributed by atoms with Gasteiger partial charge in [-0.15, -0.1) is 11.3 Å². The van der Waals surface area contributed by atoms with E-state index in [0.29, 0.717) is 0 Å². The first-order chi connectivity index (χ1) is 9.31. The quantitative estimate of drug-likeness (QED) is 0.901. The molecular weight excluding hydrogens is 258 g/mol. The Morgan fingerprint density at radius 1 is 1.37 bits per heavy atom. The Morgan fingerprint density at radius 3 is 3.16 bits per heavy atom. The largest absolute Gasteiger partial charge is 0.508 e. The van der Waals surface area contributed by atoms with Crippen LogP contribution in [0.3, 0.4) is 0 Å². The number of aromatic hydroxyl groups is 1. The lowest BCUT2D eigenvalue weighted by Gasteiger charge is -2.26. The van der Waals surface area contributed by atoms with Crippen LogP contribution < -0.4 is 10.1 Å². The molecule has 0 spiro atoms. The van der Waals surface area contributed by atoms with Crippen molar-refractivity contribution >= 4 is 11.3 Å². The van der Waals surface area contributed by atoms with E-state index in [9.17, 15) is 5.11 Å². The van der Waals surface area contributed by atoms with Gasteiger partial charge in [-0.25, -0.2) is 0 Å². The molecule has 0 unspecified atom stereocenters. The van der Waals surface area contributed by atoms with Gasteiger partial charge in [0.05, 0.1) is 0 Å². The Morgan fingerprint density at radius 2 is 2.32 bits per heavy atom. The number of fused-ring (bicyclic) bond motifs is 1. The second-order valence-corrected chi connectivity index (χ2v) is 5.81. The lowest BCUT2D eigenvalue weighted by atomic mass is 10.0. The zero-order chi connectivity index (χ0) is 13.1. The highest BCUT2D eigenvalue weighted by Crippen LogP contribution is 2.30. The van der Waals surface area contributed by atoms with E-state index in [-0.39, 0.29) is 11.9 Å². The Bertz CT molecular complexity index is 539. The third-order valence-electron chi connectivity index (χ3n) is 3.33. The third-order valence-corrected chi connectivity index (χ3v) is 4.21. The average Bonchev–Trinajstić information content (AvgIpc) is 2.91. The van der Waals surface area contributed by atoms with Crippen molar-refractivity contribution in [1.82, 2.24) is 5.32 Å². The highest BCUT2D eigenvalue weighted by molar-refractivity contribution is 7.09. The van der Waals surface area contributed by atoms with Gasteiger partial charge in [0.15, 0.2) is 0 Å². The van der Waals surface area contributed by atoms with Crippen LogP contribution in [0.15, 0.2) is 35.7 Å². The van der Waals surface area contributed by atoms with Crippen molar-refractivity contribution in [1.29, 1.82) is 0 Å². The summed E-state index contributed by atoms with van der Waals surface area (Å²) in [5.41, 5.74) is 1.19. The monoisotopic (exact) mass is 275 g/mol. The van der Waals surface area contributed by atoms with Crippen LogP contribution in [-0.4, -0.2) is 17.8 Å². The zero-order valence-electron chi connectivity index (χ0n) is 10.6. The summed E-state index contributed by atoms with van der Waals surface area (Å²) in [5, 5.41) is 15.0. The molecule has 0 fully saturated rings. The van der Waals surface area contributed by atoms with Gasteiger partial charge in [-0.05, 0) is 35.9 Å². The molecule has 0 amide bonds. The van der Waals surface area contributed by atoms with Crippen molar-refractivity contribution < 1.29 is 9.84 Å². The second kappa shape index (κ2) is 5.63. The molecular formula is C15H17NO2S. The molecule has 0 saturated carbocycles. The molecule has 1 atom stereocenters. The molecule has 2 heterocycles. The number of rotatable bonds is 4. The molecule has 2 N–H and O–H groups in total. The maximum Gasteiger partial charge on any atom is 0.126 e. The average molecular weight is 275 g/mol. The standard InChI is InChI=1S/C15H17NO2S/c17-12-5-3-11-4-6-13(18-15(11)8-12)9-16-10-14-2-1-7-19-14/h1-3,5,7-8,13,16-17H,4,6,9-10H2/t13-/m1/s1. The SMILES string of the molecule is Oc1ccc2c(c1)O[C@@H](CNCc1cccs1)CC2. The maximum atomic E-state index is 9.48. The number of hydrogen-bond acceptors (Lipinski definition) is 4. The van der Waals surface area contributed by atoms with E-state index in [2.05, 4.69) is 22.8 Å². The van der Waals surface area contributed by atoms with Crippen LogP contribution in [0.5, 0.6) is 11.5 Å². The number of ether oxygens (including phenoxy) is 1. The Balaban J connectivity index is 1.54. The highest BCUT2D eigenvalue weighted by Gasteiger charge is 2.19. The van der Waals surface area contributed by atoms with E-state index in [1.54, 1.807) is 23.5 Å². The molecule has 4 heteroatoms. The summed E-state index contributed by atoms with van der Waals surface area (Å²) in [7, 11) is 0. The van der Waals surface area contributed by atoms with Crippen LogP contribution in [-0.2, 0) is 13.0 Å². The molecule has 2 aromatic rings. The minimum Gasteiger partial charge on any atom is -0.508 e. The normalized spacial score (nSPS) is 17.8. The molecule has 1 aliphatic rings. The Labute approximate surface area is 116 Å². The molecule has 1 aromatic heterocycles. The number of benzene rings is 1. The van der Waals surface area contributed by atoms with Crippen molar-refractivity contribution in [3.8, 4) is 11.5 Å². The van der Waals surface area contributed by atoms with Crippen LogP contribution >= 0.6 is 11.3 Å². The fourth-order valence-corrected chi connectivity index (χ4v) is 3.00. The summed E-state index contributed by atoms with van der Waals surface area (Å²) >= 11 is 1.76. The van der Waals surface area contributed by atoms with Gasteiger partial charge in [-0.1, -0.05) is 12.1 Å². The number of thiophene rings is 1. The Kier molecular flexibility index (Phi) is 3.71. The first-order valence-corrected chi connectivity index (χ1v) is 7.41. The van der Waals surface area contributed by atoms with Gasteiger partial charge < -0.3 is 15.2 Å². The van der Waals surface area contributed by atoms with Crippen molar-refractivity contribution in [2.75, 3.05) is 6.54 Å². The minimum absolute atomic E-state index is 0.189. The van der Waals surface area contributed by atoms with E-state index in [1.807, 2.05) is 6.07 Å². The summed E-state index contributed by atoms with van der Waals surface area (Å²) in [6, 6.07) is 9.57. The lowest BCUT2D eigenvalue weighted by molar-refractivity contribution is 0.170.